The minimum atomic E-state index is 0.214. The van der Waals surface area contributed by atoms with E-state index in [1.807, 2.05) is 0 Å². The van der Waals surface area contributed by atoms with Gasteiger partial charge in [-0.2, -0.15) is 0 Å². The van der Waals surface area contributed by atoms with E-state index in [2.05, 4.69) is 0 Å². The lowest BCUT2D eigenvalue weighted by molar-refractivity contribution is -0.0433. The molecular formula is C8H11NO3. The molecule has 4 nitrogen and oxygen atoms in total. The number of rotatable bonds is 3. The van der Waals surface area contributed by atoms with Gasteiger partial charge in [-0.1, -0.05) is 0 Å². The van der Waals surface area contributed by atoms with Crippen LogP contribution < -0.4 is 5.23 Å². The molecule has 1 N–H and O–H groups in total. The Kier molecular flexibility index (Phi) is 2.90. The maximum absolute atomic E-state index is 8.98. The molecule has 0 aromatic heterocycles. The quantitative estimate of drug-likeness (QED) is 0.693. The number of anilines is 1. The van der Waals surface area contributed by atoms with Crippen molar-refractivity contribution in [3.8, 4) is 5.75 Å². The second-order valence-electron chi connectivity index (χ2n) is 2.14. The molecule has 0 bridgehead atoms. The van der Waals surface area contributed by atoms with Crippen LogP contribution >= 0.6 is 0 Å². The van der Waals surface area contributed by atoms with Crippen molar-refractivity contribution in [1.29, 1.82) is 0 Å². The van der Waals surface area contributed by atoms with E-state index >= 15 is 0 Å². The first-order chi connectivity index (χ1) is 5.77. The molecule has 0 radical (unpaired) electrons. The molecule has 0 atom stereocenters. The van der Waals surface area contributed by atoms with E-state index in [9.17, 15) is 0 Å². The Balaban J connectivity index is 2.80. The Bertz CT molecular complexity index is 231. The van der Waals surface area contributed by atoms with Gasteiger partial charge in [0.15, 0.2) is 0 Å². The highest BCUT2D eigenvalue weighted by Gasteiger charge is 2.02. The van der Waals surface area contributed by atoms with Crippen LogP contribution in [-0.4, -0.2) is 19.3 Å². The molecule has 1 aromatic carbocycles. The normalized spacial score (nSPS) is 9.83. The molecule has 0 spiro atoms. The predicted molar refractivity (Wildman–Crippen MR) is 44.6 cm³/mol. The number of nitrogens with zero attached hydrogens (tertiary/aromatic N) is 1. The van der Waals surface area contributed by atoms with Gasteiger partial charge in [0.2, 0.25) is 0 Å². The molecular weight excluding hydrogens is 158 g/mol. The van der Waals surface area contributed by atoms with Crippen LogP contribution in [0, 0.1) is 0 Å². The highest BCUT2D eigenvalue weighted by molar-refractivity contribution is 5.44. The third kappa shape index (κ3) is 1.87. The average molecular weight is 169 g/mol. The summed E-state index contributed by atoms with van der Waals surface area (Å²) in [5.74, 6) is 0.214. The fraction of sp³-hybridized carbons (Fsp3) is 0.250. The van der Waals surface area contributed by atoms with Gasteiger partial charge in [-0.05, 0) is 24.3 Å². The van der Waals surface area contributed by atoms with Crippen molar-refractivity contribution in [3.63, 3.8) is 0 Å². The molecule has 0 aliphatic carbocycles. The zero-order valence-electron chi connectivity index (χ0n) is 7.02. The van der Waals surface area contributed by atoms with Crippen LogP contribution in [0.3, 0.4) is 0 Å². The molecule has 0 saturated carbocycles. The lowest BCUT2D eigenvalue weighted by atomic mass is 10.3. The molecule has 66 valence electrons. The van der Waals surface area contributed by atoms with E-state index in [1.165, 1.54) is 19.4 Å². The summed E-state index contributed by atoms with van der Waals surface area (Å²) in [5.41, 5.74) is 0.720. The van der Waals surface area contributed by atoms with Crippen molar-refractivity contribution in [2.24, 2.45) is 0 Å². The Morgan fingerprint density at radius 1 is 1.08 bits per heavy atom. The minimum Gasteiger partial charge on any atom is -0.508 e. The highest BCUT2D eigenvalue weighted by Crippen LogP contribution is 2.17. The molecule has 1 aromatic rings. The van der Waals surface area contributed by atoms with Crippen molar-refractivity contribution in [2.45, 2.75) is 0 Å². The standard InChI is InChI=1S/C8H11NO3/c1-11-9(12-2)7-3-5-8(10)6-4-7/h3-6,10H,1-2H3. The second kappa shape index (κ2) is 3.94. The van der Waals surface area contributed by atoms with E-state index in [0.29, 0.717) is 0 Å². The van der Waals surface area contributed by atoms with Crippen LogP contribution in [-0.2, 0) is 9.68 Å². The van der Waals surface area contributed by atoms with E-state index < -0.39 is 0 Å². The van der Waals surface area contributed by atoms with E-state index in [4.69, 9.17) is 14.8 Å². The molecule has 0 unspecified atom stereocenters. The highest BCUT2D eigenvalue weighted by atomic mass is 16.9. The van der Waals surface area contributed by atoms with Crippen molar-refractivity contribution in [3.05, 3.63) is 24.3 Å². The Morgan fingerprint density at radius 2 is 1.58 bits per heavy atom. The summed E-state index contributed by atoms with van der Waals surface area (Å²) in [4.78, 5) is 9.71. The third-order valence-electron chi connectivity index (χ3n) is 1.39. The van der Waals surface area contributed by atoms with Crippen LogP contribution in [0.15, 0.2) is 24.3 Å². The largest absolute Gasteiger partial charge is 0.508 e. The van der Waals surface area contributed by atoms with Gasteiger partial charge in [-0.25, -0.2) is 0 Å². The van der Waals surface area contributed by atoms with Crippen LogP contribution in [0.1, 0.15) is 0 Å². The van der Waals surface area contributed by atoms with Gasteiger partial charge in [0, 0.05) is 0 Å². The summed E-state index contributed by atoms with van der Waals surface area (Å²) in [6.45, 7) is 0. The Morgan fingerprint density at radius 3 is 2.00 bits per heavy atom. The summed E-state index contributed by atoms with van der Waals surface area (Å²) in [5, 5.41) is 10.2. The molecule has 0 heterocycles. The Labute approximate surface area is 70.9 Å². The number of benzene rings is 1. The van der Waals surface area contributed by atoms with E-state index in [1.54, 1.807) is 24.3 Å². The molecule has 1 rings (SSSR count). The monoisotopic (exact) mass is 169 g/mol. The SMILES string of the molecule is CON(OC)c1ccc(O)cc1. The van der Waals surface area contributed by atoms with Gasteiger partial charge in [-0.3, -0.25) is 9.68 Å². The molecule has 0 fully saturated rings. The first-order valence-corrected chi connectivity index (χ1v) is 3.45. The van der Waals surface area contributed by atoms with Crippen LogP contribution in [0.2, 0.25) is 0 Å². The first kappa shape index (κ1) is 8.83. The summed E-state index contributed by atoms with van der Waals surface area (Å²) in [6, 6.07) is 6.48. The maximum atomic E-state index is 8.98. The summed E-state index contributed by atoms with van der Waals surface area (Å²) in [7, 11) is 2.99. The molecule has 0 saturated heterocycles. The first-order valence-electron chi connectivity index (χ1n) is 3.45. The fourth-order valence-corrected chi connectivity index (χ4v) is 0.860. The smallest absolute Gasteiger partial charge is 0.115 e. The van der Waals surface area contributed by atoms with Crippen molar-refractivity contribution >= 4 is 5.69 Å². The number of phenolic OH excluding ortho intramolecular Hbond substituents is 1. The van der Waals surface area contributed by atoms with Crippen molar-refractivity contribution in [2.75, 3.05) is 19.4 Å². The molecule has 12 heavy (non-hydrogen) atoms. The number of hydrogen-bond acceptors (Lipinski definition) is 4. The lowest BCUT2D eigenvalue weighted by Gasteiger charge is -2.17. The van der Waals surface area contributed by atoms with E-state index in [0.717, 1.165) is 5.69 Å². The van der Waals surface area contributed by atoms with Crippen molar-refractivity contribution < 1.29 is 14.8 Å². The third-order valence-corrected chi connectivity index (χ3v) is 1.39. The summed E-state index contributed by atoms with van der Waals surface area (Å²) >= 11 is 0. The van der Waals surface area contributed by atoms with Gasteiger partial charge in [-0.15, -0.1) is 5.23 Å². The lowest BCUT2D eigenvalue weighted by Crippen LogP contribution is -2.19. The van der Waals surface area contributed by atoms with Crippen LogP contribution in [0.4, 0.5) is 5.69 Å². The molecule has 0 amide bonds. The topological polar surface area (TPSA) is 41.9 Å². The van der Waals surface area contributed by atoms with Crippen LogP contribution in [0.25, 0.3) is 0 Å². The van der Waals surface area contributed by atoms with Crippen LogP contribution in [0.5, 0.6) is 5.75 Å². The van der Waals surface area contributed by atoms with Gasteiger partial charge in [0.05, 0.1) is 19.9 Å². The van der Waals surface area contributed by atoms with Gasteiger partial charge >= 0.3 is 0 Å². The molecule has 0 aliphatic heterocycles. The predicted octanol–water partition coefficient (Wildman–Crippen LogP) is 1.32. The minimum absolute atomic E-state index is 0.214. The van der Waals surface area contributed by atoms with Crippen molar-refractivity contribution in [1.82, 2.24) is 0 Å². The summed E-state index contributed by atoms with van der Waals surface area (Å²) in [6.07, 6.45) is 0. The Hall–Kier alpha value is -1.26. The van der Waals surface area contributed by atoms with Gasteiger partial charge < -0.3 is 5.11 Å². The maximum Gasteiger partial charge on any atom is 0.115 e. The average Bonchev–Trinajstić information content (AvgIpc) is 2.10. The molecule has 0 aliphatic rings. The zero-order chi connectivity index (χ0) is 8.97. The van der Waals surface area contributed by atoms with E-state index in [-0.39, 0.29) is 5.75 Å². The zero-order valence-corrected chi connectivity index (χ0v) is 7.02. The fourth-order valence-electron chi connectivity index (χ4n) is 0.860. The molecule has 4 heteroatoms. The summed E-state index contributed by atoms with van der Waals surface area (Å²) < 4.78 is 0. The number of aromatic hydroxyl groups is 1. The van der Waals surface area contributed by atoms with Gasteiger partial charge in [0.1, 0.15) is 5.75 Å². The second-order valence-corrected chi connectivity index (χ2v) is 2.14. The number of hydrogen-bond donors (Lipinski definition) is 1. The van der Waals surface area contributed by atoms with Gasteiger partial charge in [0.25, 0.3) is 0 Å². The number of phenols is 1.